The first-order valence-corrected chi connectivity index (χ1v) is 4.32. The van der Waals surface area contributed by atoms with Gasteiger partial charge in [-0.15, -0.1) is 24.0 Å². The van der Waals surface area contributed by atoms with E-state index in [9.17, 15) is 0 Å². The summed E-state index contributed by atoms with van der Waals surface area (Å²) in [5.74, 6) is 0. The number of nitrogens with zero attached hydrogens (tertiary/aromatic N) is 1. The van der Waals surface area contributed by atoms with Crippen LogP contribution in [0.15, 0.2) is 24.5 Å². The fraction of sp³-hybridized carbons (Fsp3) is 0.500. The van der Waals surface area contributed by atoms with E-state index in [2.05, 4.69) is 24.0 Å². The molecule has 0 aliphatic carbocycles. The minimum Gasteiger partial charge on any atom is -0.265 e. The van der Waals surface area contributed by atoms with Crippen LogP contribution in [0, 0.1) is 0 Å². The quantitative estimate of drug-likeness (QED) is 0.607. The van der Waals surface area contributed by atoms with Gasteiger partial charge >= 0.3 is 0 Å². The molecule has 2 heteroatoms. The fourth-order valence-electron chi connectivity index (χ4n) is 1.13. The second-order valence-electron chi connectivity index (χ2n) is 2.81. The Hall–Kier alpha value is -0.120. The van der Waals surface area contributed by atoms with Gasteiger partial charge in [0.05, 0.1) is 0 Å². The molecule has 0 spiro atoms. The van der Waals surface area contributed by atoms with Crippen LogP contribution in [0.25, 0.3) is 0 Å². The second-order valence-corrected chi connectivity index (χ2v) is 2.81. The number of aromatic nitrogens is 1. The van der Waals surface area contributed by atoms with Crippen molar-refractivity contribution < 1.29 is 0 Å². The highest BCUT2D eigenvalue weighted by molar-refractivity contribution is 14.0. The van der Waals surface area contributed by atoms with Crippen LogP contribution in [0.1, 0.15) is 31.7 Å². The zero-order valence-corrected chi connectivity index (χ0v) is 9.82. The van der Waals surface area contributed by atoms with E-state index in [0.29, 0.717) is 0 Å². The minimum absolute atomic E-state index is 0. The Bertz CT molecular complexity index is 186. The zero-order valence-electron chi connectivity index (χ0n) is 7.49. The molecule has 0 radical (unpaired) electrons. The van der Waals surface area contributed by atoms with Gasteiger partial charge in [0, 0.05) is 12.4 Å². The average molecular weight is 277 g/mol. The molecule has 1 aromatic heterocycles. The Morgan fingerprint density at radius 3 is 2.42 bits per heavy atom. The highest BCUT2D eigenvalue weighted by Gasteiger charge is 1.89. The molecule has 0 atom stereocenters. The van der Waals surface area contributed by atoms with Gasteiger partial charge in [0.25, 0.3) is 0 Å². The van der Waals surface area contributed by atoms with Crippen LogP contribution in [0.3, 0.4) is 0 Å². The van der Waals surface area contributed by atoms with Crippen molar-refractivity contribution in [3.8, 4) is 0 Å². The van der Waals surface area contributed by atoms with Gasteiger partial charge < -0.3 is 0 Å². The van der Waals surface area contributed by atoms with Crippen molar-refractivity contribution in [3.05, 3.63) is 30.1 Å². The van der Waals surface area contributed by atoms with Crippen molar-refractivity contribution in [2.45, 2.75) is 32.6 Å². The molecule has 0 fully saturated rings. The summed E-state index contributed by atoms with van der Waals surface area (Å²) >= 11 is 0. The van der Waals surface area contributed by atoms with Gasteiger partial charge in [0.2, 0.25) is 0 Å². The van der Waals surface area contributed by atoms with E-state index in [1.807, 2.05) is 12.4 Å². The molecule has 0 aliphatic heterocycles. The van der Waals surface area contributed by atoms with E-state index in [4.69, 9.17) is 0 Å². The van der Waals surface area contributed by atoms with Crippen LogP contribution in [0.5, 0.6) is 0 Å². The first-order chi connectivity index (χ1) is 5.43. The van der Waals surface area contributed by atoms with E-state index in [1.54, 1.807) is 0 Å². The molecule has 1 aromatic rings. The van der Waals surface area contributed by atoms with Crippen LogP contribution in [0.2, 0.25) is 0 Å². The molecule has 0 aromatic carbocycles. The monoisotopic (exact) mass is 277 g/mol. The first kappa shape index (κ1) is 11.9. The number of rotatable bonds is 4. The Labute approximate surface area is 91.6 Å². The third-order valence-electron chi connectivity index (χ3n) is 1.82. The summed E-state index contributed by atoms with van der Waals surface area (Å²) in [5, 5.41) is 0. The molecular weight excluding hydrogens is 261 g/mol. The molecule has 0 saturated carbocycles. The molecular formula is C10H16IN. The molecule has 0 unspecified atom stereocenters. The number of aryl methyl sites for hydroxylation is 1. The third kappa shape index (κ3) is 4.70. The summed E-state index contributed by atoms with van der Waals surface area (Å²) in [6, 6.07) is 4.19. The minimum atomic E-state index is 0. The average Bonchev–Trinajstić information content (AvgIpc) is 2.07. The summed E-state index contributed by atoms with van der Waals surface area (Å²) in [5.41, 5.74) is 1.41. The number of pyridine rings is 1. The lowest BCUT2D eigenvalue weighted by molar-refractivity contribution is 0.717. The van der Waals surface area contributed by atoms with Crippen LogP contribution in [-0.2, 0) is 6.42 Å². The van der Waals surface area contributed by atoms with Gasteiger partial charge in [0.1, 0.15) is 0 Å². The molecule has 1 heterocycles. The van der Waals surface area contributed by atoms with E-state index >= 15 is 0 Å². The number of halogens is 1. The topological polar surface area (TPSA) is 12.9 Å². The van der Waals surface area contributed by atoms with Crippen molar-refractivity contribution in [2.24, 2.45) is 0 Å². The Balaban J connectivity index is 0.00000121. The van der Waals surface area contributed by atoms with E-state index in [-0.39, 0.29) is 24.0 Å². The highest BCUT2D eigenvalue weighted by Crippen LogP contribution is 2.04. The van der Waals surface area contributed by atoms with Crippen molar-refractivity contribution in [3.63, 3.8) is 0 Å². The maximum atomic E-state index is 3.97. The maximum Gasteiger partial charge on any atom is 0.0270 e. The van der Waals surface area contributed by atoms with E-state index < -0.39 is 0 Å². The lowest BCUT2D eigenvalue weighted by Gasteiger charge is -1.97. The lowest BCUT2D eigenvalue weighted by atomic mass is 10.1. The number of hydrogen-bond acceptors (Lipinski definition) is 1. The predicted octanol–water partition coefficient (Wildman–Crippen LogP) is 3.43. The smallest absolute Gasteiger partial charge is 0.0270 e. The number of hydrogen-bond donors (Lipinski definition) is 0. The molecule has 68 valence electrons. The predicted molar refractivity (Wildman–Crippen MR) is 62.9 cm³/mol. The van der Waals surface area contributed by atoms with Gasteiger partial charge in [-0.3, -0.25) is 4.98 Å². The third-order valence-corrected chi connectivity index (χ3v) is 1.82. The molecule has 1 rings (SSSR count). The van der Waals surface area contributed by atoms with Crippen LogP contribution >= 0.6 is 24.0 Å². The molecule has 0 saturated heterocycles. The highest BCUT2D eigenvalue weighted by atomic mass is 127. The molecule has 0 bridgehead atoms. The van der Waals surface area contributed by atoms with Crippen molar-refractivity contribution in [1.82, 2.24) is 4.98 Å². The van der Waals surface area contributed by atoms with Crippen molar-refractivity contribution in [1.29, 1.82) is 0 Å². The van der Waals surface area contributed by atoms with E-state index in [0.717, 1.165) is 0 Å². The Morgan fingerprint density at radius 1 is 1.17 bits per heavy atom. The summed E-state index contributed by atoms with van der Waals surface area (Å²) in [4.78, 5) is 3.97. The second kappa shape index (κ2) is 7.53. The van der Waals surface area contributed by atoms with Crippen molar-refractivity contribution in [2.75, 3.05) is 0 Å². The summed E-state index contributed by atoms with van der Waals surface area (Å²) in [7, 11) is 0. The molecule has 0 aliphatic rings. The summed E-state index contributed by atoms with van der Waals surface area (Å²) in [6.45, 7) is 2.23. The standard InChI is InChI=1S/C10H15N.HI/c1-2-3-4-5-10-6-8-11-9-7-10;/h6-9H,2-5H2,1H3;1H. The SMILES string of the molecule is CCCCCc1ccncc1.I. The Kier molecular flexibility index (Phi) is 7.45. The molecule has 12 heavy (non-hydrogen) atoms. The molecule has 0 N–H and O–H groups in total. The molecule has 1 nitrogen and oxygen atoms in total. The summed E-state index contributed by atoms with van der Waals surface area (Å²) < 4.78 is 0. The normalized spacial score (nSPS) is 9.08. The van der Waals surface area contributed by atoms with Gasteiger partial charge in [-0.1, -0.05) is 19.8 Å². The fourth-order valence-corrected chi connectivity index (χ4v) is 1.13. The maximum absolute atomic E-state index is 3.97. The lowest BCUT2D eigenvalue weighted by Crippen LogP contribution is -1.84. The van der Waals surface area contributed by atoms with Crippen LogP contribution in [-0.4, -0.2) is 4.98 Å². The number of unbranched alkanes of at least 4 members (excludes halogenated alkanes) is 2. The van der Waals surface area contributed by atoms with Gasteiger partial charge in [-0.2, -0.15) is 0 Å². The summed E-state index contributed by atoms with van der Waals surface area (Å²) in [6.07, 6.45) is 8.87. The zero-order chi connectivity index (χ0) is 7.94. The van der Waals surface area contributed by atoms with Gasteiger partial charge in [-0.25, -0.2) is 0 Å². The first-order valence-electron chi connectivity index (χ1n) is 4.32. The van der Waals surface area contributed by atoms with Crippen LogP contribution in [0.4, 0.5) is 0 Å². The van der Waals surface area contributed by atoms with Crippen LogP contribution < -0.4 is 0 Å². The Morgan fingerprint density at radius 2 is 1.83 bits per heavy atom. The molecule has 0 amide bonds. The van der Waals surface area contributed by atoms with E-state index in [1.165, 1.54) is 31.2 Å². The largest absolute Gasteiger partial charge is 0.265 e. The van der Waals surface area contributed by atoms with Crippen molar-refractivity contribution >= 4 is 24.0 Å². The van der Waals surface area contributed by atoms with Gasteiger partial charge in [-0.05, 0) is 30.5 Å². The van der Waals surface area contributed by atoms with Gasteiger partial charge in [0.15, 0.2) is 0 Å².